The summed E-state index contributed by atoms with van der Waals surface area (Å²) in [6, 6.07) is 18.9. The van der Waals surface area contributed by atoms with Crippen LogP contribution in [0.4, 0.5) is 0 Å². The van der Waals surface area contributed by atoms with Crippen molar-refractivity contribution < 1.29 is 28.5 Å². The van der Waals surface area contributed by atoms with E-state index >= 15 is 0 Å². The van der Waals surface area contributed by atoms with Gasteiger partial charge in [-0.15, -0.1) is 10.2 Å². The molecule has 0 saturated carbocycles. The molecule has 3 rings (SSSR count). The second kappa shape index (κ2) is 21.4. The van der Waals surface area contributed by atoms with Gasteiger partial charge in [0.15, 0.2) is 0 Å². The van der Waals surface area contributed by atoms with Gasteiger partial charge in [-0.1, -0.05) is 25.0 Å². The quantitative estimate of drug-likeness (QED) is 0.0678. The number of hydrogen-bond acceptors (Lipinski definition) is 8. The summed E-state index contributed by atoms with van der Waals surface area (Å²) in [5, 5.41) is 8.36. The standard InChI is InChI=1S/C38H40N2O6/c1-3-37(41)45-29-11-7-5-9-27-43-35-23-15-31(16-24-35)13-19-33-21-22-34(40-39-33)20-14-32-17-25-36(26-18-32)44-28-10-6-8-12-30-46-38(42)4-2/h3-4,15-18,21-26H,1-2,5-12,27-30H2. The highest BCUT2D eigenvalue weighted by molar-refractivity contribution is 5.81. The largest absolute Gasteiger partial charge is 0.494 e. The molecule has 46 heavy (non-hydrogen) atoms. The van der Waals surface area contributed by atoms with Crippen molar-refractivity contribution in [2.24, 2.45) is 0 Å². The Labute approximate surface area is 271 Å². The molecule has 0 bridgehead atoms. The number of benzene rings is 2. The van der Waals surface area contributed by atoms with Crippen molar-refractivity contribution >= 4 is 11.9 Å². The first-order valence-electron chi connectivity index (χ1n) is 15.5. The number of ether oxygens (including phenoxy) is 4. The Balaban J connectivity index is 1.32. The molecule has 0 saturated heterocycles. The van der Waals surface area contributed by atoms with Crippen LogP contribution < -0.4 is 9.47 Å². The van der Waals surface area contributed by atoms with Crippen molar-refractivity contribution in [3.63, 3.8) is 0 Å². The molecule has 0 aliphatic heterocycles. The number of nitrogens with zero attached hydrogens (tertiary/aromatic N) is 2. The highest BCUT2D eigenvalue weighted by Gasteiger charge is 2.00. The fraction of sp³-hybridized carbons (Fsp3) is 0.316. The first-order valence-corrected chi connectivity index (χ1v) is 15.5. The Bertz CT molecular complexity index is 1390. The molecule has 1 heterocycles. The van der Waals surface area contributed by atoms with Gasteiger partial charge in [0.2, 0.25) is 0 Å². The number of aromatic nitrogens is 2. The summed E-state index contributed by atoms with van der Waals surface area (Å²) in [5.41, 5.74) is 2.82. The third-order valence-corrected chi connectivity index (χ3v) is 6.48. The van der Waals surface area contributed by atoms with Crippen molar-refractivity contribution in [3.8, 4) is 35.2 Å². The normalized spacial score (nSPS) is 9.91. The molecule has 0 spiro atoms. The van der Waals surface area contributed by atoms with Crippen LogP contribution in [0.3, 0.4) is 0 Å². The topological polar surface area (TPSA) is 96.8 Å². The Morgan fingerprint density at radius 3 is 1.24 bits per heavy atom. The average molecular weight is 621 g/mol. The molecule has 0 amide bonds. The van der Waals surface area contributed by atoms with Gasteiger partial charge in [-0.3, -0.25) is 0 Å². The maximum Gasteiger partial charge on any atom is 0.330 e. The van der Waals surface area contributed by atoms with Gasteiger partial charge < -0.3 is 18.9 Å². The van der Waals surface area contributed by atoms with Gasteiger partial charge in [0, 0.05) is 23.3 Å². The number of esters is 2. The van der Waals surface area contributed by atoms with Crippen molar-refractivity contribution in [2.75, 3.05) is 26.4 Å². The molecule has 0 aliphatic carbocycles. The van der Waals surface area contributed by atoms with Gasteiger partial charge in [-0.25, -0.2) is 9.59 Å². The number of unbranched alkanes of at least 4 members (excludes halogenated alkanes) is 6. The van der Waals surface area contributed by atoms with Crippen molar-refractivity contribution in [3.05, 3.63) is 108 Å². The molecule has 0 radical (unpaired) electrons. The van der Waals surface area contributed by atoms with Crippen LogP contribution in [0.5, 0.6) is 11.5 Å². The Kier molecular flexibility index (Phi) is 16.3. The lowest BCUT2D eigenvalue weighted by Crippen LogP contribution is -2.02. The van der Waals surface area contributed by atoms with Crippen LogP contribution in [0.25, 0.3) is 0 Å². The molecule has 1 aromatic heterocycles. The van der Waals surface area contributed by atoms with Gasteiger partial charge in [-0.05, 0) is 124 Å². The second-order valence-electron chi connectivity index (χ2n) is 10.1. The van der Waals surface area contributed by atoms with Gasteiger partial charge >= 0.3 is 11.9 Å². The fourth-order valence-electron chi connectivity index (χ4n) is 3.97. The third-order valence-electron chi connectivity index (χ3n) is 6.48. The molecule has 0 fully saturated rings. The fourth-order valence-corrected chi connectivity index (χ4v) is 3.97. The van der Waals surface area contributed by atoms with Crippen LogP contribution in [-0.2, 0) is 19.1 Å². The maximum atomic E-state index is 11.0. The van der Waals surface area contributed by atoms with E-state index < -0.39 is 0 Å². The lowest BCUT2D eigenvalue weighted by molar-refractivity contribution is -0.138. The van der Waals surface area contributed by atoms with E-state index in [1.807, 2.05) is 48.5 Å². The zero-order valence-corrected chi connectivity index (χ0v) is 26.2. The zero-order chi connectivity index (χ0) is 32.7. The van der Waals surface area contributed by atoms with Gasteiger partial charge in [-0.2, -0.15) is 0 Å². The van der Waals surface area contributed by atoms with E-state index in [9.17, 15) is 9.59 Å². The molecule has 0 N–H and O–H groups in total. The van der Waals surface area contributed by atoms with Crippen molar-refractivity contribution in [1.82, 2.24) is 10.2 Å². The molecule has 8 heteroatoms. The molecule has 0 aliphatic rings. The van der Waals surface area contributed by atoms with E-state index in [4.69, 9.17) is 18.9 Å². The van der Waals surface area contributed by atoms with Crippen LogP contribution in [0.15, 0.2) is 86.0 Å². The van der Waals surface area contributed by atoms with E-state index in [2.05, 4.69) is 47.0 Å². The molecular weight excluding hydrogens is 580 g/mol. The smallest absolute Gasteiger partial charge is 0.330 e. The minimum absolute atomic E-state index is 0.377. The van der Waals surface area contributed by atoms with E-state index in [0.717, 1.165) is 74.0 Å². The van der Waals surface area contributed by atoms with Crippen LogP contribution in [0.2, 0.25) is 0 Å². The summed E-state index contributed by atoms with van der Waals surface area (Å²) >= 11 is 0. The van der Waals surface area contributed by atoms with E-state index in [0.29, 0.717) is 37.8 Å². The monoisotopic (exact) mass is 620 g/mol. The van der Waals surface area contributed by atoms with Crippen LogP contribution in [-0.4, -0.2) is 48.6 Å². The molecule has 3 aromatic rings. The molecule has 238 valence electrons. The minimum Gasteiger partial charge on any atom is -0.494 e. The highest BCUT2D eigenvalue weighted by atomic mass is 16.5. The Morgan fingerprint density at radius 2 is 0.891 bits per heavy atom. The summed E-state index contributed by atoms with van der Waals surface area (Å²) in [4.78, 5) is 22.0. The molecule has 0 unspecified atom stereocenters. The van der Waals surface area contributed by atoms with E-state index in [1.54, 1.807) is 12.1 Å². The summed E-state index contributed by atoms with van der Waals surface area (Å²) in [6.45, 7) is 8.86. The average Bonchev–Trinajstić information content (AvgIpc) is 3.09. The van der Waals surface area contributed by atoms with Gasteiger partial charge in [0.1, 0.15) is 22.9 Å². The molecule has 8 nitrogen and oxygen atoms in total. The lowest BCUT2D eigenvalue weighted by Gasteiger charge is -2.06. The van der Waals surface area contributed by atoms with Crippen LogP contribution >= 0.6 is 0 Å². The van der Waals surface area contributed by atoms with Gasteiger partial charge in [0.05, 0.1) is 26.4 Å². The first kappa shape index (κ1) is 35.1. The molecule has 2 aromatic carbocycles. The van der Waals surface area contributed by atoms with Gasteiger partial charge in [0.25, 0.3) is 0 Å². The highest BCUT2D eigenvalue weighted by Crippen LogP contribution is 2.14. The Morgan fingerprint density at radius 1 is 0.522 bits per heavy atom. The predicted octanol–water partition coefficient (Wildman–Crippen LogP) is 6.61. The van der Waals surface area contributed by atoms with Crippen molar-refractivity contribution in [2.45, 2.75) is 51.4 Å². The van der Waals surface area contributed by atoms with E-state index in [-0.39, 0.29) is 11.9 Å². The number of hydrogen-bond donors (Lipinski definition) is 0. The lowest BCUT2D eigenvalue weighted by atomic mass is 10.2. The van der Waals surface area contributed by atoms with E-state index in [1.165, 1.54) is 12.2 Å². The van der Waals surface area contributed by atoms with Crippen LogP contribution in [0.1, 0.15) is 73.9 Å². The zero-order valence-electron chi connectivity index (χ0n) is 26.2. The first-order chi connectivity index (χ1) is 22.6. The van der Waals surface area contributed by atoms with Crippen LogP contribution in [0, 0.1) is 23.7 Å². The maximum absolute atomic E-state index is 11.0. The SMILES string of the molecule is C=CC(=O)OCCCCCCOc1ccc(C#Cc2ccc(C#Cc3ccc(OCCCCCCOC(=O)C=C)cc3)nn2)cc1. The summed E-state index contributed by atoms with van der Waals surface area (Å²) < 4.78 is 21.5. The summed E-state index contributed by atoms with van der Waals surface area (Å²) in [6.07, 6.45) is 9.85. The summed E-state index contributed by atoms with van der Waals surface area (Å²) in [7, 11) is 0. The number of carbonyl (C=O) groups is 2. The van der Waals surface area contributed by atoms with Crippen molar-refractivity contribution in [1.29, 1.82) is 0 Å². The minimum atomic E-state index is -0.377. The predicted molar refractivity (Wildman–Crippen MR) is 177 cm³/mol. The molecular formula is C38H40N2O6. The number of rotatable bonds is 18. The third kappa shape index (κ3) is 14.9. The summed E-state index contributed by atoms with van der Waals surface area (Å²) in [5.74, 6) is 13.1. The Hall–Kier alpha value is -5.34. The number of carbonyl (C=O) groups excluding carboxylic acids is 2. The second-order valence-corrected chi connectivity index (χ2v) is 10.1. The molecule has 0 atom stereocenters.